The van der Waals surface area contributed by atoms with Gasteiger partial charge in [0.2, 0.25) is 0 Å². The van der Waals surface area contributed by atoms with E-state index in [2.05, 4.69) is 13.8 Å². The van der Waals surface area contributed by atoms with E-state index in [4.69, 9.17) is 9.90 Å². The molecule has 0 N–H and O–H groups in total. The summed E-state index contributed by atoms with van der Waals surface area (Å²) in [5.41, 5.74) is 0. The van der Waals surface area contributed by atoms with Gasteiger partial charge in [0.05, 0.1) is 26.2 Å². The molecule has 3 heteroatoms. The molecule has 24 heavy (non-hydrogen) atoms. The molecule has 0 amide bonds. The minimum Gasteiger partial charge on any atom is -0.550 e. The van der Waals surface area contributed by atoms with Crippen LogP contribution in [0.4, 0.5) is 0 Å². The number of carbonyl (C=O) groups excluding carboxylic acids is 1. The van der Waals surface area contributed by atoms with E-state index in [1.54, 1.807) is 0 Å². The van der Waals surface area contributed by atoms with Crippen molar-refractivity contribution in [3.8, 4) is 0 Å². The Morgan fingerprint density at radius 3 is 1.58 bits per heavy atom. The number of hydrogen-bond donors (Lipinski definition) is 0. The predicted octanol–water partition coefficient (Wildman–Crippen LogP) is 4.68. The molecule has 0 aromatic rings. The van der Waals surface area contributed by atoms with Crippen LogP contribution >= 0.6 is 0 Å². The minimum atomic E-state index is -1.08. The van der Waals surface area contributed by atoms with Crippen molar-refractivity contribution in [2.45, 2.75) is 104 Å². The van der Waals surface area contributed by atoms with Crippen LogP contribution in [0, 0.1) is 0 Å². The summed E-state index contributed by atoms with van der Waals surface area (Å²) in [7, 11) is 0. The van der Waals surface area contributed by atoms with Crippen LogP contribution in [-0.2, 0) is 4.79 Å². The number of carboxylic acids is 1. The Kier molecular flexibility index (Phi) is 15.6. The number of rotatable bonds is 13. The van der Waals surface area contributed by atoms with Crippen molar-refractivity contribution in [2.75, 3.05) is 26.2 Å². The van der Waals surface area contributed by atoms with E-state index < -0.39 is 5.97 Å². The fourth-order valence-electron chi connectivity index (χ4n) is 3.82. The highest BCUT2D eigenvalue weighted by atomic mass is 16.4. The van der Waals surface area contributed by atoms with Gasteiger partial charge in [-0.2, -0.15) is 0 Å². The summed E-state index contributed by atoms with van der Waals surface area (Å²) >= 11 is 0. The van der Waals surface area contributed by atoms with Gasteiger partial charge in [-0.05, 0) is 26.2 Å². The maximum atomic E-state index is 8.89. The Labute approximate surface area is 151 Å². The summed E-state index contributed by atoms with van der Waals surface area (Å²) in [4.78, 5) is 8.89. The van der Waals surface area contributed by atoms with E-state index in [0.29, 0.717) is 0 Å². The lowest BCUT2D eigenvalue weighted by Crippen LogP contribution is -2.46. The first-order valence-corrected chi connectivity index (χ1v) is 10.6. The molecule has 0 aliphatic carbocycles. The highest BCUT2D eigenvalue weighted by Crippen LogP contribution is 2.22. The molecule has 0 spiro atoms. The highest BCUT2D eigenvalue weighted by molar-refractivity contribution is 5.60. The van der Waals surface area contributed by atoms with E-state index >= 15 is 0 Å². The largest absolute Gasteiger partial charge is 0.550 e. The van der Waals surface area contributed by atoms with Gasteiger partial charge in [0, 0.05) is 18.8 Å². The van der Waals surface area contributed by atoms with Gasteiger partial charge in [-0.15, -0.1) is 0 Å². The molecule has 0 saturated carbocycles. The molecule has 144 valence electrons. The number of hydrogen-bond acceptors (Lipinski definition) is 2. The average molecular weight is 342 g/mol. The summed E-state index contributed by atoms with van der Waals surface area (Å²) in [5.74, 6) is -1.08. The molecule has 0 aromatic heterocycles. The van der Waals surface area contributed by atoms with Crippen molar-refractivity contribution in [1.29, 1.82) is 0 Å². The molecule has 1 fully saturated rings. The van der Waals surface area contributed by atoms with Crippen LogP contribution in [0.15, 0.2) is 0 Å². The Bertz CT molecular complexity index is 282. The van der Waals surface area contributed by atoms with Crippen LogP contribution in [0.5, 0.6) is 0 Å². The summed E-state index contributed by atoms with van der Waals surface area (Å²) < 4.78 is 1.48. The second-order valence-electron chi connectivity index (χ2n) is 7.62. The Balaban J connectivity index is 0.00000118. The number of carboxylic acid groups (broad SMARTS) is 1. The topological polar surface area (TPSA) is 40.1 Å². The molecular weight excluding hydrogens is 298 g/mol. The van der Waals surface area contributed by atoms with Crippen LogP contribution in [0.3, 0.4) is 0 Å². The molecule has 0 unspecified atom stereocenters. The smallest absolute Gasteiger partial charge is 0.0788 e. The van der Waals surface area contributed by atoms with Crippen molar-refractivity contribution in [2.24, 2.45) is 0 Å². The first-order valence-electron chi connectivity index (χ1n) is 10.6. The molecule has 0 radical (unpaired) electrons. The molecule has 0 atom stereocenters. The first-order chi connectivity index (χ1) is 11.6. The number of aliphatic carboxylic acids is 1. The number of quaternary nitrogens is 1. The number of nitrogens with zero attached hydrogens (tertiary/aromatic N) is 1. The van der Waals surface area contributed by atoms with Crippen LogP contribution in [0.25, 0.3) is 0 Å². The first kappa shape index (κ1) is 23.4. The molecule has 1 aliphatic heterocycles. The minimum absolute atomic E-state index is 0.972. The number of carbonyl (C=O) groups is 1. The zero-order chi connectivity index (χ0) is 18.1. The van der Waals surface area contributed by atoms with E-state index in [1.807, 2.05) is 0 Å². The zero-order valence-electron chi connectivity index (χ0n) is 16.8. The van der Waals surface area contributed by atoms with Gasteiger partial charge in [0.25, 0.3) is 0 Å². The van der Waals surface area contributed by atoms with Crippen LogP contribution < -0.4 is 5.11 Å². The molecule has 1 saturated heterocycles. The van der Waals surface area contributed by atoms with Crippen molar-refractivity contribution < 1.29 is 14.4 Å². The van der Waals surface area contributed by atoms with Gasteiger partial charge in [0.1, 0.15) is 0 Å². The standard InChI is InChI=1S/C19H40N.C2H4O2/c1-3-5-7-8-9-10-11-12-13-17-20(16-6-4-2)18-14-15-19-20;1-2(3)4/h3-19H2,1-2H3;1H3,(H,3,4)/q+1;/p-1. The Morgan fingerprint density at radius 1 is 0.750 bits per heavy atom. The third-order valence-electron chi connectivity index (χ3n) is 5.24. The van der Waals surface area contributed by atoms with Gasteiger partial charge in [0.15, 0.2) is 0 Å². The van der Waals surface area contributed by atoms with Gasteiger partial charge in [-0.3, -0.25) is 0 Å². The monoisotopic (exact) mass is 341 g/mol. The van der Waals surface area contributed by atoms with E-state index in [1.165, 1.54) is 114 Å². The molecule has 0 bridgehead atoms. The van der Waals surface area contributed by atoms with E-state index in [9.17, 15) is 0 Å². The number of likely N-dealkylation sites (tertiary alicyclic amines) is 1. The summed E-state index contributed by atoms with van der Waals surface area (Å²) in [6, 6.07) is 0. The zero-order valence-corrected chi connectivity index (χ0v) is 16.8. The van der Waals surface area contributed by atoms with E-state index in [-0.39, 0.29) is 0 Å². The van der Waals surface area contributed by atoms with Gasteiger partial charge in [-0.1, -0.05) is 65.2 Å². The quantitative estimate of drug-likeness (QED) is 0.360. The Morgan fingerprint density at radius 2 is 1.12 bits per heavy atom. The maximum Gasteiger partial charge on any atom is 0.0788 e. The van der Waals surface area contributed by atoms with Gasteiger partial charge in [-0.25, -0.2) is 0 Å². The molecule has 3 nitrogen and oxygen atoms in total. The molecule has 1 aliphatic rings. The normalized spacial score (nSPS) is 15.8. The maximum absolute atomic E-state index is 8.89. The summed E-state index contributed by atoms with van der Waals surface area (Å²) in [5, 5.41) is 8.89. The van der Waals surface area contributed by atoms with E-state index in [0.717, 1.165) is 6.92 Å². The van der Waals surface area contributed by atoms with Crippen molar-refractivity contribution in [1.82, 2.24) is 0 Å². The third kappa shape index (κ3) is 13.8. The lowest BCUT2D eigenvalue weighted by molar-refractivity contribution is -0.917. The lowest BCUT2D eigenvalue weighted by Gasteiger charge is -2.34. The molecule has 0 aromatic carbocycles. The molecular formula is C21H43NO2. The van der Waals surface area contributed by atoms with Crippen molar-refractivity contribution >= 4 is 5.97 Å². The van der Waals surface area contributed by atoms with Gasteiger partial charge < -0.3 is 14.4 Å². The summed E-state index contributed by atoms with van der Waals surface area (Å²) in [6.07, 6.45) is 19.0. The lowest BCUT2D eigenvalue weighted by atomic mass is 10.1. The average Bonchev–Trinajstić information content (AvgIpc) is 3.00. The van der Waals surface area contributed by atoms with Gasteiger partial charge >= 0.3 is 0 Å². The number of unbranched alkanes of at least 4 members (excludes halogenated alkanes) is 9. The SMILES string of the molecule is CC(=O)[O-].CCCCCCCCCCC[N+]1(CCCC)CCCC1. The molecule has 1 heterocycles. The fraction of sp³-hybridized carbons (Fsp3) is 0.952. The highest BCUT2D eigenvalue weighted by Gasteiger charge is 2.30. The van der Waals surface area contributed by atoms with Crippen molar-refractivity contribution in [3.05, 3.63) is 0 Å². The second-order valence-corrected chi connectivity index (χ2v) is 7.62. The van der Waals surface area contributed by atoms with Crippen LogP contribution in [0.2, 0.25) is 0 Å². The fourth-order valence-corrected chi connectivity index (χ4v) is 3.82. The third-order valence-corrected chi connectivity index (χ3v) is 5.24. The van der Waals surface area contributed by atoms with Crippen LogP contribution in [0.1, 0.15) is 104 Å². The van der Waals surface area contributed by atoms with Crippen LogP contribution in [-0.4, -0.2) is 36.6 Å². The van der Waals surface area contributed by atoms with Crippen molar-refractivity contribution in [3.63, 3.8) is 0 Å². The summed E-state index contributed by atoms with van der Waals surface area (Å²) in [6.45, 7) is 11.5. The predicted molar refractivity (Wildman–Crippen MR) is 102 cm³/mol. The second kappa shape index (κ2) is 15.9. The molecule has 1 rings (SSSR count). The Hall–Kier alpha value is -0.570.